The molecule has 0 atom stereocenters. The van der Waals surface area contributed by atoms with Crippen LogP contribution in [0, 0.1) is 0 Å². The summed E-state index contributed by atoms with van der Waals surface area (Å²) in [7, 11) is -0.724. The summed E-state index contributed by atoms with van der Waals surface area (Å²) in [5.41, 5.74) is 3.48. The van der Waals surface area contributed by atoms with Crippen molar-refractivity contribution in [2.45, 2.75) is 97.5 Å². The molecule has 0 fully saturated rings. The van der Waals surface area contributed by atoms with Crippen molar-refractivity contribution in [1.29, 1.82) is 0 Å². The largest absolute Gasteiger partial charge is 0.0694 e. The fourth-order valence-electron chi connectivity index (χ4n) is 4.76. The van der Waals surface area contributed by atoms with Gasteiger partial charge in [-0.2, -0.15) is 0 Å². The van der Waals surface area contributed by atoms with E-state index in [2.05, 4.69) is 118 Å². The van der Waals surface area contributed by atoms with E-state index in [0.29, 0.717) is 28.3 Å². The lowest BCUT2D eigenvalue weighted by Crippen LogP contribution is -2.36. The molecule has 0 aromatic heterocycles. The van der Waals surface area contributed by atoms with Gasteiger partial charge in [-0.3, -0.25) is 0 Å². The lowest BCUT2D eigenvalue weighted by atomic mass is 10.3. The van der Waals surface area contributed by atoms with Crippen LogP contribution < -0.4 is 21.2 Å². The third kappa shape index (κ3) is 5.94. The van der Waals surface area contributed by atoms with Gasteiger partial charge in [-0.15, -0.1) is 0 Å². The average molecular weight is 461 g/mol. The average Bonchev–Trinajstić information content (AvgIpc) is 2.63. The van der Waals surface area contributed by atoms with Crippen molar-refractivity contribution < 1.29 is 0 Å². The molecule has 0 N–H and O–H groups in total. The fourth-order valence-corrected chi connectivity index (χ4v) is 14.4. The molecule has 2 aromatic carbocycles. The molecule has 0 saturated heterocycles. The quantitative estimate of drug-likeness (QED) is 0.343. The molecule has 0 heterocycles. The number of hydrogen-bond acceptors (Lipinski definition) is 0. The molecule has 0 amide bonds. The summed E-state index contributed by atoms with van der Waals surface area (Å²) in [4.78, 5) is 0. The van der Waals surface area contributed by atoms with Crippen molar-refractivity contribution in [3.8, 4) is 0 Å². The summed E-state index contributed by atoms with van der Waals surface area (Å²) in [6.45, 7) is 24.3. The van der Waals surface area contributed by atoms with Crippen LogP contribution in [0.5, 0.6) is 0 Å². The zero-order valence-corrected chi connectivity index (χ0v) is 23.5. The molecule has 166 valence electrons. The molecule has 2 rings (SSSR count). The third-order valence-corrected chi connectivity index (χ3v) is 15.1. The molecule has 0 spiro atoms. The first kappa shape index (κ1) is 26.0. The SMILES string of the molecule is CC(C)P(c1ccccc1P(C(C)C)C(C)C)c1ccccc1P(C(C)C)C(C)C. The molecule has 0 saturated carbocycles. The van der Waals surface area contributed by atoms with Crippen molar-refractivity contribution in [1.82, 2.24) is 0 Å². The highest BCUT2D eigenvalue weighted by Crippen LogP contribution is 2.50. The lowest BCUT2D eigenvalue weighted by Gasteiger charge is -2.35. The summed E-state index contributed by atoms with van der Waals surface area (Å²) >= 11 is 0. The molecule has 3 heteroatoms. The minimum absolute atomic E-state index is 0.171. The zero-order chi connectivity index (χ0) is 22.6. The Morgan fingerprint density at radius 1 is 0.400 bits per heavy atom. The summed E-state index contributed by atoms with van der Waals surface area (Å²) in [5, 5.41) is 6.60. The van der Waals surface area contributed by atoms with E-state index in [4.69, 9.17) is 0 Å². The van der Waals surface area contributed by atoms with Gasteiger partial charge < -0.3 is 0 Å². The van der Waals surface area contributed by atoms with E-state index < -0.39 is 0 Å². The monoisotopic (exact) mass is 460 g/mol. The standard InChI is InChI=1S/C27H43P3/c1-19(2)28(20(3)4)24-15-11-13-17-26(24)30(23(9)10)27-18-14-12-16-25(27)29(21(5)6)22(7)8/h11-23H,1-10H3. The molecule has 0 unspecified atom stereocenters. The van der Waals surface area contributed by atoms with Crippen LogP contribution in [-0.4, -0.2) is 28.3 Å². The van der Waals surface area contributed by atoms with Crippen LogP contribution in [0.25, 0.3) is 0 Å². The van der Waals surface area contributed by atoms with Crippen LogP contribution in [0.2, 0.25) is 0 Å². The molecule has 30 heavy (non-hydrogen) atoms. The van der Waals surface area contributed by atoms with Gasteiger partial charge in [0.15, 0.2) is 0 Å². The Bertz CT molecular complexity index is 713. The summed E-state index contributed by atoms with van der Waals surface area (Å²) in [5.74, 6) is 0. The number of benzene rings is 2. The van der Waals surface area contributed by atoms with Gasteiger partial charge in [0.2, 0.25) is 0 Å². The van der Waals surface area contributed by atoms with Crippen LogP contribution in [0.3, 0.4) is 0 Å². The molecular formula is C27H43P3. The van der Waals surface area contributed by atoms with Gasteiger partial charge in [0.1, 0.15) is 0 Å². The Morgan fingerprint density at radius 3 is 0.900 bits per heavy atom. The van der Waals surface area contributed by atoms with Crippen LogP contribution >= 0.6 is 23.8 Å². The van der Waals surface area contributed by atoms with E-state index in [1.165, 1.54) is 0 Å². The second-order valence-corrected chi connectivity index (χ2v) is 19.1. The smallest absolute Gasteiger partial charge is 0.0116 e. The molecule has 0 bridgehead atoms. The minimum atomic E-state index is -0.383. The first-order chi connectivity index (χ1) is 14.1. The van der Waals surface area contributed by atoms with E-state index in [1.54, 1.807) is 21.2 Å². The Kier molecular flexibility index (Phi) is 10.0. The molecule has 0 radical (unpaired) electrons. The van der Waals surface area contributed by atoms with E-state index in [9.17, 15) is 0 Å². The van der Waals surface area contributed by atoms with E-state index in [0.717, 1.165) is 0 Å². The van der Waals surface area contributed by atoms with Crippen molar-refractivity contribution in [3.05, 3.63) is 48.5 Å². The highest BCUT2D eigenvalue weighted by Gasteiger charge is 2.30. The maximum Gasteiger partial charge on any atom is -0.0116 e. The molecule has 0 aliphatic heterocycles. The summed E-state index contributed by atoms with van der Waals surface area (Å²) in [6, 6.07) is 18.9. The highest BCUT2D eigenvalue weighted by molar-refractivity contribution is 7.79. The number of hydrogen-bond donors (Lipinski definition) is 0. The Morgan fingerprint density at radius 2 is 0.667 bits per heavy atom. The van der Waals surface area contributed by atoms with E-state index in [1.807, 2.05) is 0 Å². The number of rotatable bonds is 9. The second kappa shape index (κ2) is 11.6. The van der Waals surface area contributed by atoms with Crippen molar-refractivity contribution in [2.75, 3.05) is 0 Å². The van der Waals surface area contributed by atoms with Gasteiger partial charge in [0, 0.05) is 0 Å². The Balaban J connectivity index is 2.73. The first-order valence-corrected chi connectivity index (χ1v) is 16.0. The predicted molar refractivity (Wildman–Crippen MR) is 148 cm³/mol. The second-order valence-electron chi connectivity index (χ2n) is 9.63. The predicted octanol–water partition coefficient (Wildman–Crippen LogP) is 7.38. The van der Waals surface area contributed by atoms with Crippen LogP contribution in [0.15, 0.2) is 48.5 Å². The Labute approximate surface area is 190 Å². The lowest BCUT2D eigenvalue weighted by molar-refractivity contribution is 1.02. The van der Waals surface area contributed by atoms with Crippen LogP contribution in [0.4, 0.5) is 0 Å². The first-order valence-electron chi connectivity index (χ1n) is 11.6. The summed E-state index contributed by atoms with van der Waals surface area (Å²) < 4.78 is 0. The van der Waals surface area contributed by atoms with Crippen LogP contribution in [0.1, 0.15) is 69.2 Å². The van der Waals surface area contributed by atoms with Gasteiger partial charge in [0.05, 0.1) is 0 Å². The minimum Gasteiger partial charge on any atom is -0.0694 e. The van der Waals surface area contributed by atoms with E-state index >= 15 is 0 Å². The van der Waals surface area contributed by atoms with Gasteiger partial charge in [-0.1, -0.05) is 134 Å². The molecule has 2 aromatic rings. The van der Waals surface area contributed by atoms with Crippen molar-refractivity contribution in [2.24, 2.45) is 0 Å². The van der Waals surface area contributed by atoms with Crippen molar-refractivity contribution in [3.63, 3.8) is 0 Å². The molecule has 0 nitrogen and oxygen atoms in total. The zero-order valence-electron chi connectivity index (χ0n) is 20.8. The normalized spacial score (nSPS) is 12.7. The van der Waals surface area contributed by atoms with E-state index in [-0.39, 0.29) is 23.8 Å². The van der Waals surface area contributed by atoms with Gasteiger partial charge in [-0.25, -0.2) is 0 Å². The fraction of sp³-hybridized carbons (Fsp3) is 0.556. The Hall–Kier alpha value is -0.270. The van der Waals surface area contributed by atoms with Crippen molar-refractivity contribution >= 4 is 45.0 Å². The van der Waals surface area contributed by atoms with Gasteiger partial charge >= 0.3 is 0 Å². The van der Waals surface area contributed by atoms with Gasteiger partial charge in [-0.05, 0) is 57.4 Å². The summed E-state index contributed by atoms with van der Waals surface area (Å²) in [6.07, 6.45) is 0. The van der Waals surface area contributed by atoms with Gasteiger partial charge in [0.25, 0.3) is 0 Å². The topological polar surface area (TPSA) is 0 Å². The highest BCUT2D eigenvalue weighted by atomic mass is 31.1. The maximum atomic E-state index is 2.46. The molecule has 0 aliphatic carbocycles. The third-order valence-electron chi connectivity index (χ3n) is 5.58. The van der Waals surface area contributed by atoms with Crippen LogP contribution in [-0.2, 0) is 0 Å². The molecular weight excluding hydrogens is 417 g/mol. The maximum absolute atomic E-state index is 2.46. The molecule has 0 aliphatic rings.